The Kier molecular flexibility index (Phi) is 27.7. The molecule has 0 fully saturated rings. The number of allylic oxidation sites excluding steroid dienone is 10. The zero-order valence-corrected chi connectivity index (χ0v) is 41.1. The van der Waals surface area contributed by atoms with Gasteiger partial charge in [-0.2, -0.15) is 5.10 Å². The molecule has 5 N–H and O–H groups in total. The predicted molar refractivity (Wildman–Crippen MR) is 278 cm³/mol. The quantitative estimate of drug-likeness (QED) is 0.0170. The van der Waals surface area contributed by atoms with Crippen molar-refractivity contribution >= 4 is 67.7 Å². The zero-order chi connectivity index (χ0) is 48.3. The van der Waals surface area contributed by atoms with Crippen LogP contribution < -0.4 is 26.0 Å². The van der Waals surface area contributed by atoms with Gasteiger partial charge in [-0.1, -0.05) is 102 Å². The number of fused-ring (bicyclic) bond motifs is 1. The van der Waals surface area contributed by atoms with E-state index in [0.29, 0.717) is 66.9 Å². The number of halogens is 1. The van der Waals surface area contributed by atoms with Gasteiger partial charge in [0.15, 0.2) is 5.82 Å². The summed E-state index contributed by atoms with van der Waals surface area (Å²) in [6.07, 6.45) is 30.9. The SMILES string of the molecule is CCC=CCC=CCC=CCC=CCC=CCCCC(=O)NCCSSCCNC(=O)OCCN(CC)CCCOc1ccc2c(Nc3cc(CC(=O)Nc4cccc(F)c4)[nH]n3)ncnc2c1. The minimum atomic E-state index is -0.429. The second-order valence-corrected chi connectivity index (χ2v) is 18.0. The number of alkyl carbamates (subject to hydrolysis) is 1. The standard InChI is InChI=1S/C51H68FN9O5S2/c1-3-5-6-7-8-9-10-11-12-13-14-15-16-17-18-19-20-25-48(62)53-28-34-67-68-35-29-54-51(64)66-33-31-61(4-2)30-22-32-65-44-26-27-45-46(39-44)55-40-56-50(45)58-47-37-43(59-60-47)38-49(63)57-42-24-21-23-41(52)36-42/h5-6,8-9,11-12,14-15,17-18,21,23-24,26-27,36-37,39-40H,3-4,7,10,13,16,19-20,22,25,28-35,38H2,1-2H3,(H,53,62)(H,54,64)(H,57,63)(H2,55,56,58,59,60). The first-order valence-electron chi connectivity index (χ1n) is 23.5. The van der Waals surface area contributed by atoms with E-state index in [-0.39, 0.29) is 24.8 Å². The molecule has 0 bridgehead atoms. The Bertz CT molecular complexity index is 2250. The second-order valence-electron chi connectivity index (χ2n) is 15.3. The van der Waals surface area contributed by atoms with Crippen LogP contribution in [0.4, 0.5) is 26.5 Å². The number of carbonyl (C=O) groups excluding carboxylic acids is 3. The van der Waals surface area contributed by atoms with Gasteiger partial charge in [0.25, 0.3) is 0 Å². The molecule has 17 heteroatoms. The number of nitrogens with one attached hydrogen (secondary N) is 5. The van der Waals surface area contributed by atoms with Crippen molar-refractivity contribution in [3.8, 4) is 5.75 Å². The number of anilines is 3. The molecule has 4 aromatic rings. The van der Waals surface area contributed by atoms with Gasteiger partial charge in [0.1, 0.15) is 30.3 Å². The van der Waals surface area contributed by atoms with Crippen LogP contribution in [0.15, 0.2) is 116 Å². The van der Waals surface area contributed by atoms with E-state index in [1.165, 1.54) is 24.5 Å². The number of benzene rings is 2. The molecule has 0 saturated heterocycles. The number of amides is 3. The number of nitrogens with zero attached hydrogens (tertiary/aromatic N) is 4. The Morgan fingerprint density at radius 1 is 0.779 bits per heavy atom. The summed E-state index contributed by atoms with van der Waals surface area (Å²) < 4.78 is 24.9. The van der Waals surface area contributed by atoms with E-state index in [2.05, 4.69) is 121 Å². The first-order chi connectivity index (χ1) is 33.3. The Morgan fingerprint density at radius 3 is 2.22 bits per heavy atom. The molecular formula is C51H68FN9O5S2. The van der Waals surface area contributed by atoms with E-state index >= 15 is 0 Å². The summed E-state index contributed by atoms with van der Waals surface area (Å²) in [5, 5.41) is 19.5. The lowest BCUT2D eigenvalue weighted by Gasteiger charge is -2.20. The molecule has 2 aromatic heterocycles. The number of hydrogen-bond donors (Lipinski definition) is 5. The average Bonchev–Trinajstić information content (AvgIpc) is 3.77. The summed E-state index contributed by atoms with van der Waals surface area (Å²) >= 11 is 0. The first-order valence-corrected chi connectivity index (χ1v) is 25.9. The lowest BCUT2D eigenvalue weighted by molar-refractivity contribution is -0.121. The van der Waals surface area contributed by atoms with Crippen molar-refractivity contribution in [2.24, 2.45) is 0 Å². The number of ether oxygens (including phenoxy) is 2. The molecule has 366 valence electrons. The highest BCUT2D eigenvalue weighted by Crippen LogP contribution is 2.26. The Labute approximate surface area is 409 Å². The molecule has 0 aliphatic carbocycles. The highest BCUT2D eigenvalue weighted by Gasteiger charge is 2.12. The van der Waals surface area contributed by atoms with Gasteiger partial charge in [-0.25, -0.2) is 19.2 Å². The van der Waals surface area contributed by atoms with E-state index in [1.807, 2.05) is 18.2 Å². The molecule has 68 heavy (non-hydrogen) atoms. The van der Waals surface area contributed by atoms with Crippen LogP contribution in [0.25, 0.3) is 10.9 Å². The van der Waals surface area contributed by atoms with Crippen molar-refractivity contribution < 1.29 is 28.2 Å². The first kappa shape index (κ1) is 54.7. The van der Waals surface area contributed by atoms with Gasteiger partial charge in [-0.3, -0.25) is 14.7 Å². The monoisotopic (exact) mass is 969 g/mol. The highest BCUT2D eigenvalue weighted by molar-refractivity contribution is 8.76. The smallest absolute Gasteiger partial charge is 0.407 e. The molecule has 14 nitrogen and oxygen atoms in total. The lowest BCUT2D eigenvalue weighted by atomic mass is 10.2. The number of likely N-dealkylation sites (N-methyl/N-ethyl adjacent to an activating group) is 1. The van der Waals surface area contributed by atoms with Crippen LogP contribution >= 0.6 is 21.6 Å². The Hall–Kier alpha value is -5.91. The maximum Gasteiger partial charge on any atom is 0.407 e. The molecular weight excluding hydrogens is 902 g/mol. The molecule has 4 rings (SSSR count). The molecule has 0 radical (unpaired) electrons. The molecule has 0 spiro atoms. The Balaban J connectivity index is 0.962. The van der Waals surface area contributed by atoms with Crippen LogP contribution in [-0.2, 0) is 20.7 Å². The average molecular weight is 970 g/mol. The lowest BCUT2D eigenvalue weighted by Crippen LogP contribution is -2.32. The summed E-state index contributed by atoms with van der Waals surface area (Å²) in [6.45, 7) is 8.33. The third-order valence-electron chi connectivity index (χ3n) is 9.90. The van der Waals surface area contributed by atoms with E-state index in [0.717, 1.165) is 81.3 Å². The molecule has 3 amide bonds. The minimum Gasteiger partial charge on any atom is -0.493 e. The topological polar surface area (TPSA) is 175 Å². The number of aromatic nitrogens is 4. The van der Waals surface area contributed by atoms with Crippen molar-refractivity contribution in [3.63, 3.8) is 0 Å². The summed E-state index contributed by atoms with van der Waals surface area (Å²) in [4.78, 5) is 47.8. The van der Waals surface area contributed by atoms with Crippen LogP contribution in [0.1, 0.15) is 77.3 Å². The normalized spacial score (nSPS) is 11.8. The summed E-state index contributed by atoms with van der Waals surface area (Å²) in [5.74, 6) is 2.58. The van der Waals surface area contributed by atoms with Gasteiger partial charge in [-0.15, -0.1) is 0 Å². The third-order valence-corrected chi connectivity index (χ3v) is 12.3. The third kappa shape index (κ3) is 24.2. The fourth-order valence-corrected chi connectivity index (χ4v) is 8.23. The van der Waals surface area contributed by atoms with Gasteiger partial charge in [0, 0.05) is 73.0 Å². The fraction of sp³-hybridized carbons (Fsp3) is 0.412. The number of unbranched alkanes of at least 4 members (excludes halogenated alkanes) is 1. The van der Waals surface area contributed by atoms with Gasteiger partial charge in [0.2, 0.25) is 11.8 Å². The summed E-state index contributed by atoms with van der Waals surface area (Å²) in [5.41, 5.74) is 1.64. The summed E-state index contributed by atoms with van der Waals surface area (Å²) in [6, 6.07) is 13.0. The van der Waals surface area contributed by atoms with E-state index in [9.17, 15) is 18.8 Å². The van der Waals surface area contributed by atoms with Gasteiger partial charge < -0.3 is 35.6 Å². The van der Waals surface area contributed by atoms with Crippen molar-refractivity contribution in [1.82, 2.24) is 35.7 Å². The van der Waals surface area contributed by atoms with Gasteiger partial charge in [0.05, 0.1) is 18.5 Å². The minimum absolute atomic E-state index is 0.0260. The predicted octanol–water partition coefficient (Wildman–Crippen LogP) is 10.7. The van der Waals surface area contributed by atoms with Crippen LogP contribution in [-0.4, -0.2) is 100 Å². The van der Waals surface area contributed by atoms with Crippen LogP contribution in [0, 0.1) is 5.82 Å². The van der Waals surface area contributed by atoms with E-state index in [4.69, 9.17) is 9.47 Å². The van der Waals surface area contributed by atoms with Crippen molar-refractivity contribution in [2.75, 3.05) is 68.1 Å². The van der Waals surface area contributed by atoms with E-state index < -0.39 is 11.9 Å². The van der Waals surface area contributed by atoms with Crippen molar-refractivity contribution in [1.29, 1.82) is 0 Å². The number of rotatable bonds is 34. The number of H-pyrrole nitrogens is 1. The van der Waals surface area contributed by atoms with Crippen LogP contribution in [0.5, 0.6) is 5.75 Å². The number of carbonyl (C=O) groups is 3. The van der Waals surface area contributed by atoms with Crippen molar-refractivity contribution in [2.45, 2.75) is 78.1 Å². The molecule has 0 atom stereocenters. The maximum absolute atomic E-state index is 13.5. The van der Waals surface area contributed by atoms with Crippen LogP contribution in [0.2, 0.25) is 0 Å². The van der Waals surface area contributed by atoms with Gasteiger partial charge >= 0.3 is 6.09 Å². The second kappa shape index (κ2) is 34.4. The summed E-state index contributed by atoms with van der Waals surface area (Å²) in [7, 11) is 3.33. The van der Waals surface area contributed by atoms with Crippen LogP contribution in [0.3, 0.4) is 0 Å². The Morgan fingerprint density at radius 2 is 1.50 bits per heavy atom. The number of hydrogen-bond acceptors (Lipinski definition) is 12. The molecule has 0 saturated carbocycles. The fourth-order valence-electron chi connectivity index (χ4n) is 6.42. The number of aromatic amines is 1. The van der Waals surface area contributed by atoms with E-state index in [1.54, 1.807) is 33.7 Å². The molecule has 0 aliphatic heterocycles. The zero-order valence-electron chi connectivity index (χ0n) is 39.4. The maximum atomic E-state index is 13.5. The van der Waals surface area contributed by atoms with Crippen molar-refractivity contribution in [3.05, 3.63) is 127 Å². The largest absolute Gasteiger partial charge is 0.493 e. The highest BCUT2D eigenvalue weighted by atomic mass is 33.1. The molecule has 2 heterocycles. The molecule has 0 aliphatic rings. The molecule has 0 unspecified atom stereocenters. The van der Waals surface area contributed by atoms with Gasteiger partial charge in [-0.05, 0) is 88.2 Å². The molecule has 2 aromatic carbocycles.